The summed E-state index contributed by atoms with van der Waals surface area (Å²) >= 11 is 4.24. The van der Waals surface area contributed by atoms with E-state index in [9.17, 15) is 0 Å². The summed E-state index contributed by atoms with van der Waals surface area (Å²) in [6, 6.07) is 3.57. The molecule has 2 N–H and O–H groups in total. The van der Waals surface area contributed by atoms with Crippen LogP contribution < -0.4 is 5.73 Å². The molecule has 0 heterocycles. The minimum Gasteiger partial charge on any atom is -0.399 e. The van der Waals surface area contributed by atoms with E-state index >= 15 is 0 Å². The van der Waals surface area contributed by atoms with Crippen molar-refractivity contribution in [1.29, 1.82) is 0 Å². The van der Waals surface area contributed by atoms with E-state index in [0.29, 0.717) is 12.2 Å². The third kappa shape index (κ3) is 2.31. The van der Waals surface area contributed by atoms with E-state index in [1.807, 2.05) is 6.92 Å². The third-order valence-electron chi connectivity index (χ3n) is 1.81. The summed E-state index contributed by atoms with van der Waals surface area (Å²) in [5.74, 6) is 0. The SMILES string of the molecule is Cc1c(S)cc(N)cc1CN=[N+]=[N-]. The van der Waals surface area contributed by atoms with Crippen LogP contribution in [0.15, 0.2) is 22.1 Å². The summed E-state index contributed by atoms with van der Waals surface area (Å²) in [4.78, 5) is 3.51. The van der Waals surface area contributed by atoms with Gasteiger partial charge >= 0.3 is 0 Å². The van der Waals surface area contributed by atoms with Gasteiger partial charge in [-0.1, -0.05) is 5.11 Å². The van der Waals surface area contributed by atoms with Crippen LogP contribution in [0.25, 0.3) is 10.4 Å². The highest BCUT2D eigenvalue weighted by Crippen LogP contribution is 2.22. The van der Waals surface area contributed by atoms with Crippen molar-refractivity contribution in [3.05, 3.63) is 33.7 Å². The van der Waals surface area contributed by atoms with Crippen molar-refractivity contribution < 1.29 is 0 Å². The number of anilines is 1. The Balaban J connectivity index is 3.12. The highest BCUT2D eigenvalue weighted by atomic mass is 32.1. The molecular weight excluding hydrogens is 184 g/mol. The maximum atomic E-state index is 8.17. The second kappa shape index (κ2) is 4.07. The van der Waals surface area contributed by atoms with Gasteiger partial charge in [-0.05, 0) is 35.7 Å². The lowest BCUT2D eigenvalue weighted by atomic mass is 10.1. The van der Waals surface area contributed by atoms with Gasteiger partial charge in [0.1, 0.15) is 0 Å². The van der Waals surface area contributed by atoms with Gasteiger partial charge in [-0.3, -0.25) is 0 Å². The fourth-order valence-electron chi connectivity index (χ4n) is 1.05. The van der Waals surface area contributed by atoms with Gasteiger partial charge in [0, 0.05) is 15.5 Å². The second-order valence-corrected chi connectivity index (χ2v) is 3.19. The molecule has 1 aromatic rings. The first-order valence-electron chi connectivity index (χ1n) is 3.74. The zero-order valence-electron chi connectivity index (χ0n) is 7.23. The minimum atomic E-state index is 0.320. The molecule has 4 nitrogen and oxygen atoms in total. The van der Waals surface area contributed by atoms with E-state index < -0.39 is 0 Å². The van der Waals surface area contributed by atoms with Crippen LogP contribution in [0.2, 0.25) is 0 Å². The number of thiol groups is 1. The van der Waals surface area contributed by atoms with Gasteiger partial charge in [0.25, 0.3) is 0 Å². The number of azide groups is 1. The monoisotopic (exact) mass is 194 g/mol. The summed E-state index contributed by atoms with van der Waals surface area (Å²) in [5.41, 5.74) is 16.3. The van der Waals surface area contributed by atoms with Gasteiger partial charge in [0.15, 0.2) is 0 Å². The fraction of sp³-hybridized carbons (Fsp3) is 0.250. The molecule has 0 spiro atoms. The Morgan fingerprint density at radius 3 is 2.92 bits per heavy atom. The van der Waals surface area contributed by atoms with Crippen molar-refractivity contribution in [2.75, 3.05) is 5.73 Å². The van der Waals surface area contributed by atoms with Gasteiger partial charge < -0.3 is 5.73 Å². The quantitative estimate of drug-likeness (QED) is 0.245. The summed E-state index contributed by atoms with van der Waals surface area (Å²) < 4.78 is 0. The molecule has 1 rings (SSSR count). The van der Waals surface area contributed by atoms with Gasteiger partial charge in [-0.15, -0.1) is 12.6 Å². The number of benzene rings is 1. The third-order valence-corrected chi connectivity index (χ3v) is 2.28. The number of rotatable bonds is 2. The highest BCUT2D eigenvalue weighted by molar-refractivity contribution is 7.80. The van der Waals surface area contributed by atoms with E-state index in [2.05, 4.69) is 22.7 Å². The molecule has 13 heavy (non-hydrogen) atoms. The van der Waals surface area contributed by atoms with E-state index in [4.69, 9.17) is 11.3 Å². The van der Waals surface area contributed by atoms with Gasteiger partial charge in [-0.25, -0.2) is 0 Å². The first-order valence-corrected chi connectivity index (χ1v) is 4.18. The molecule has 0 aromatic heterocycles. The topological polar surface area (TPSA) is 74.8 Å². The average Bonchev–Trinajstić information content (AvgIpc) is 2.09. The fourth-order valence-corrected chi connectivity index (χ4v) is 1.35. The molecule has 0 saturated carbocycles. The van der Waals surface area contributed by atoms with Crippen LogP contribution in [0, 0.1) is 6.92 Å². The van der Waals surface area contributed by atoms with E-state index in [-0.39, 0.29) is 0 Å². The largest absolute Gasteiger partial charge is 0.399 e. The van der Waals surface area contributed by atoms with Crippen molar-refractivity contribution in [3.8, 4) is 0 Å². The molecule has 0 atom stereocenters. The second-order valence-electron chi connectivity index (χ2n) is 2.71. The maximum absolute atomic E-state index is 8.17. The van der Waals surface area contributed by atoms with Gasteiger partial charge in [0.2, 0.25) is 0 Å². The molecule has 0 unspecified atom stereocenters. The molecule has 5 heteroatoms. The van der Waals surface area contributed by atoms with Crippen LogP contribution in [0.4, 0.5) is 5.69 Å². The van der Waals surface area contributed by atoms with Gasteiger partial charge in [-0.2, -0.15) is 0 Å². The molecule has 0 saturated heterocycles. The van der Waals surface area contributed by atoms with Crippen LogP contribution in [0.3, 0.4) is 0 Å². The number of hydrogen-bond acceptors (Lipinski definition) is 3. The predicted molar refractivity (Wildman–Crippen MR) is 55.7 cm³/mol. The van der Waals surface area contributed by atoms with E-state index in [1.54, 1.807) is 12.1 Å². The summed E-state index contributed by atoms with van der Waals surface area (Å²) in [6.45, 7) is 2.24. The maximum Gasteiger partial charge on any atom is 0.0514 e. The zero-order valence-corrected chi connectivity index (χ0v) is 8.12. The van der Waals surface area contributed by atoms with Crippen LogP contribution in [0.5, 0.6) is 0 Å². The summed E-state index contributed by atoms with van der Waals surface area (Å²) in [5, 5.41) is 3.48. The van der Waals surface area contributed by atoms with Crippen molar-refractivity contribution in [1.82, 2.24) is 0 Å². The summed E-state index contributed by atoms with van der Waals surface area (Å²) in [7, 11) is 0. The number of nitrogens with two attached hydrogens (primary N) is 1. The Bertz CT molecular complexity index is 369. The van der Waals surface area contributed by atoms with Crippen molar-refractivity contribution in [2.45, 2.75) is 18.4 Å². The zero-order chi connectivity index (χ0) is 9.84. The van der Waals surface area contributed by atoms with Crippen molar-refractivity contribution in [2.24, 2.45) is 5.11 Å². The Kier molecular flexibility index (Phi) is 3.06. The van der Waals surface area contributed by atoms with E-state index in [1.165, 1.54) is 0 Å². The van der Waals surface area contributed by atoms with E-state index in [0.717, 1.165) is 16.0 Å². The smallest absolute Gasteiger partial charge is 0.0514 e. The first-order chi connectivity index (χ1) is 6.15. The molecule has 1 aromatic carbocycles. The molecule has 0 aliphatic rings. The first kappa shape index (κ1) is 9.77. The Morgan fingerprint density at radius 1 is 1.62 bits per heavy atom. The molecule has 0 aliphatic heterocycles. The lowest BCUT2D eigenvalue weighted by Gasteiger charge is -2.06. The van der Waals surface area contributed by atoms with Crippen molar-refractivity contribution >= 4 is 18.3 Å². The Labute approximate surface area is 81.8 Å². The molecule has 0 aliphatic carbocycles. The molecule has 0 bridgehead atoms. The predicted octanol–water partition coefficient (Wildman–Crippen LogP) is 2.68. The average molecular weight is 194 g/mol. The lowest BCUT2D eigenvalue weighted by molar-refractivity contribution is 1.01. The standard InChI is InChI=1S/C8H10N4S/c1-5-6(4-11-12-10)2-7(9)3-8(5)13/h2-3,13H,4,9H2,1H3. The number of hydrogen-bond donors (Lipinski definition) is 2. The lowest BCUT2D eigenvalue weighted by Crippen LogP contribution is -1.93. The number of nitrogen functional groups attached to an aromatic ring is 1. The molecule has 0 fully saturated rings. The highest BCUT2D eigenvalue weighted by Gasteiger charge is 2.01. The molecule has 68 valence electrons. The number of nitrogens with zero attached hydrogens (tertiary/aromatic N) is 3. The molecule has 0 amide bonds. The van der Waals surface area contributed by atoms with Crippen molar-refractivity contribution in [3.63, 3.8) is 0 Å². The normalized spacial score (nSPS) is 9.38. The molecule has 0 radical (unpaired) electrons. The summed E-state index contributed by atoms with van der Waals surface area (Å²) in [6.07, 6.45) is 0. The Morgan fingerprint density at radius 2 is 2.31 bits per heavy atom. The van der Waals surface area contributed by atoms with Crippen LogP contribution in [0.1, 0.15) is 11.1 Å². The minimum absolute atomic E-state index is 0.320. The van der Waals surface area contributed by atoms with Crippen LogP contribution >= 0.6 is 12.6 Å². The molecular formula is C8H10N4S. The van der Waals surface area contributed by atoms with Gasteiger partial charge in [0.05, 0.1) is 6.54 Å². The van der Waals surface area contributed by atoms with Crippen LogP contribution in [-0.2, 0) is 6.54 Å². The Hall–Kier alpha value is -1.32. The van der Waals surface area contributed by atoms with Crippen LogP contribution in [-0.4, -0.2) is 0 Å².